The molecule has 1 amide bonds. The number of nitrogens with one attached hydrogen (secondary N) is 1. The first-order valence-corrected chi connectivity index (χ1v) is 7.54. The topological polar surface area (TPSA) is 62.2 Å². The number of aromatic nitrogens is 1. The number of hydrogen-bond donors (Lipinski definition) is 2. The summed E-state index contributed by atoms with van der Waals surface area (Å²) in [7, 11) is 0. The number of rotatable bonds is 2. The van der Waals surface area contributed by atoms with Crippen LogP contribution in [0.1, 0.15) is 32.0 Å². The predicted octanol–water partition coefficient (Wildman–Crippen LogP) is 5.22. The number of anilines is 1. The number of carbonyl (C=O) groups is 1. The second-order valence-electron chi connectivity index (χ2n) is 5.98. The summed E-state index contributed by atoms with van der Waals surface area (Å²) in [6, 6.07) is 2.93. The van der Waals surface area contributed by atoms with Gasteiger partial charge in [0.25, 0.3) is 0 Å². The Morgan fingerprint density at radius 2 is 1.91 bits per heavy atom. The molecule has 0 spiro atoms. The Morgan fingerprint density at radius 3 is 2.39 bits per heavy atom. The van der Waals surface area contributed by atoms with E-state index in [-0.39, 0.29) is 11.1 Å². The normalized spacial score (nSPS) is 12.3. The summed E-state index contributed by atoms with van der Waals surface area (Å²) >= 11 is 1.26. The van der Waals surface area contributed by atoms with Crippen molar-refractivity contribution in [2.24, 2.45) is 0 Å². The number of thiazole rings is 1. The lowest BCUT2D eigenvalue weighted by atomic mass is 9.93. The van der Waals surface area contributed by atoms with E-state index in [0.29, 0.717) is 10.6 Å². The molecule has 0 aliphatic carbocycles. The smallest absolute Gasteiger partial charge is 0.416 e. The van der Waals surface area contributed by atoms with E-state index in [1.807, 2.05) is 31.5 Å². The standard InChI is InChI=1S/C15H15F3N2O2S/c1-14(2,3)11-7-23-12(20-11)9-5-4-8(15(16,17)18)6-10(9)19-13(21)22/h4-7,19H,1-3H3,(H,21,22). The van der Waals surface area contributed by atoms with E-state index in [1.165, 1.54) is 17.4 Å². The largest absolute Gasteiger partial charge is 0.465 e. The number of nitrogens with zero attached hydrogens (tertiary/aromatic N) is 1. The van der Waals surface area contributed by atoms with Gasteiger partial charge in [0.1, 0.15) is 5.01 Å². The summed E-state index contributed by atoms with van der Waals surface area (Å²) in [5.74, 6) is 0. The Balaban J connectivity index is 2.53. The average Bonchev–Trinajstić information content (AvgIpc) is 2.86. The maximum absolute atomic E-state index is 12.8. The molecule has 0 fully saturated rings. The molecule has 2 N–H and O–H groups in total. The molecule has 0 atom stereocenters. The van der Waals surface area contributed by atoms with Crippen LogP contribution in [0.5, 0.6) is 0 Å². The van der Waals surface area contributed by atoms with E-state index >= 15 is 0 Å². The first-order valence-electron chi connectivity index (χ1n) is 6.66. The molecule has 0 unspecified atom stereocenters. The molecule has 8 heteroatoms. The Labute approximate surface area is 135 Å². The molecule has 124 valence electrons. The molecular weight excluding hydrogens is 329 g/mol. The van der Waals surface area contributed by atoms with E-state index in [0.717, 1.165) is 17.8 Å². The van der Waals surface area contributed by atoms with Gasteiger partial charge in [0.2, 0.25) is 0 Å². The van der Waals surface area contributed by atoms with Crippen molar-refractivity contribution in [2.45, 2.75) is 32.4 Å². The molecule has 0 radical (unpaired) electrons. The lowest BCUT2D eigenvalue weighted by Crippen LogP contribution is -2.12. The summed E-state index contributed by atoms with van der Waals surface area (Å²) < 4.78 is 38.4. The van der Waals surface area contributed by atoms with Crippen molar-refractivity contribution in [2.75, 3.05) is 5.32 Å². The molecule has 0 bridgehead atoms. The molecule has 2 rings (SSSR count). The molecule has 0 aliphatic heterocycles. The van der Waals surface area contributed by atoms with Crippen LogP contribution < -0.4 is 5.32 Å². The highest BCUT2D eigenvalue weighted by molar-refractivity contribution is 7.13. The first kappa shape index (κ1) is 17.3. The molecule has 1 aromatic heterocycles. The highest BCUT2D eigenvalue weighted by Crippen LogP contribution is 2.38. The van der Waals surface area contributed by atoms with Crippen LogP contribution in [0.3, 0.4) is 0 Å². The second-order valence-corrected chi connectivity index (χ2v) is 6.83. The predicted molar refractivity (Wildman–Crippen MR) is 82.9 cm³/mol. The molecule has 0 saturated carbocycles. The zero-order chi connectivity index (χ0) is 17.4. The van der Waals surface area contributed by atoms with Gasteiger partial charge < -0.3 is 5.11 Å². The summed E-state index contributed by atoms with van der Waals surface area (Å²) in [6.45, 7) is 5.90. The zero-order valence-corrected chi connectivity index (χ0v) is 13.5. The number of carboxylic acid groups (broad SMARTS) is 1. The maximum Gasteiger partial charge on any atom is 0.416 e. The SMILES string of the molecule is CC(C)(C)c1csc(-c2ccc(C(F)(F)F)cc2NC(=O)O)n1. The average molecular weight is 344 g/mol. The van der Waals surface area contributed by atoms with Crippen LogP contribution in [0.15, 0.2) is 23.6 Å². The van der Waals surface area contributed by atoms with Crippen LogP contribution in [-0.2, 0) is 11.6 Å². The fourth-order valence-electron chi connectivity index (χ4n) is 1.87. The van der Waals surface area contributed by atoms with Crippen molar-refractivity contribution in [1.82, 2.24) is 4.98 Å². The number of alkyl halides is 3. The van der Waals surface area contributed by atoms with Crippen LogP contribution in [0, 0.1) is 0 Å². The third-order valence-corrected chi connectivity index (χ3v) is 3.97. The molecule has 2 aromatic rings. The Morgan fingerprint density at radius 1 is 1.26 bits per heavy atom. The molecule has 4 nitrogen and oxygen atoms in total. The quantitative estimate of drug-likeness (QED) is 0.785. The minimum atomic E-state index is -4.55. The minimum absolute atomic E-state index is 0.137. The van der Waals surface area contributed by atoms with Gasteiger partial charge in [0.05, 0.1) is 16.9 Å². The molecule has 1 aromatic carbocycles. The van der Waals surface area contributed by atoms with Gasteiger partial charge in [-0.3, -0.25) is 5.32 Å². The van der Waals surface area contributed by atoms with Gasteiger partial charge in [-0.1, -0.05) is 20.8 Å². The molecule has 1 heterocycles. The number of halogens is 3. The highest BCUT2D eigenvalue weighted by Gasteiger charge is 2.31. The van der Waals surface area contributed by atoms with Gasteiger partial charge in [-0.05, 0) is 18.2 Å². The van der Waals surface area contributed by atoms with Crippen LogP contribution in [0.2, 0.25) is 0 Å². The van der Waals surface area contributed by atoms with Gasteiger partial charge >= 0.3 is 12.3 Å². The number of benzene rings is 1. The van der Waals surface area contributed by atoms with Crippen LogP contribution in [0.4, 0.5) is 23.7 Å². The lowest BCUT2D eigenvalue weighted by Gasteiger charge is -2.15. The van der Waals surface area contributed by atoms with E-state index in [1.54, 1.807) is 0 Å². The zero-order valence-electron chi connectivity index (χ0n) is 12.7. The highest BCUT2D eigenvalue weighted by atomic mass is 32.1. The fraction of sp³-hybridized carbons (Fsp3) is 0.333. The second kappa shape index (κ2) is 5.84. The monoisotopic (exact) mass is 344 g/mol. The third kappa shape index (κ3) is 4.01. The lowest BCUT2D eigenvalue weighted by molar-refractivity contribution is -0.137. The molecular formula is C15H15F3N2O2S. The Hall–Kier alpha value is -2.09. The summed E-state index contributed by atoms with van der Waals surface area (Å²) in [5, 5.41) is 13.2. The van der Waals surface area contributed by atoms with Crippen LogP contribution in [0.25, 0.3) is 10.6 Å². The van der Waals surface area contributed by atoms with Gasteiger partial charge in [-0.15, -0.1) is 11.3 Å². The van der Waals surface area contributed by atoms with Crippen molar-refractivity contribution >= 4 is 23.1 Å². The van der Waals surface area contributed by atoms with E-state index in [2.05, 4.69) is 4.98 Å². The minimum Gasteiger partial charge on any atom is -0.465 e. The number of hydrogen-bond acceptors (Lipinski definition) is 3. The summed E-state index contributed by atoms with van der Waals surface area (Å²) in [6.07, 6.45) is -5.98. The molecule has 0 saturated heterocycles. The number of amides is 1. The van der Waals surface area contributed by atoms with Gasteiger partial charge in [-0.25, -0.2) is 9.78 Å². The first-order chi connectivity index (χ1) is 10.5. The summed E-state index contributed by atoms with van der Waals surface area (Å²) in [5.41, 5.74) is -0.152. The van der Waals surface area contributed by atoms with E-state index < -0.39 is 17.8 Å². The summed E-state index contributed by atoms with van der Waals surface area (Å²) in [4.78, 5) is 15.3. The fourth-order valence-corrected chi connectivity index (χ4v) is 2.95. The van der Waals surface area contributed by atoms with Crippen molar-refractivity contribution in [1.29, 1.82) is 0 Å². The van der Waals surface area contributed by atoms with Crippen molar-refractivity contribution in [3.05, 3.63) is 34.8 Å². The van der Waals surface area contributed by atoms with Crippen molar-refractivity contribution < 1.29 is 23.1 Å². The van der Waals surface area contributed by atoms with Gasteiger partial charge in [0, 0.05) is 16.4 Å². The van der Waals surface area contributed by atoms with Crippen molar-refractivity contribution in [3.63, 3.8) is 0 Å². The Kier molecular flexibility index (Phi) is 4.39. The maximum atomic E-state index is 12.8. The Bertz CT molecular complexity index is 733. The third-order valence-electron chi connectivity index (χ3n) is 3.09. The molecule has 23 heavy (non-hydrogen) atoms. The van der Waals surface area contributed by atoms with Crippen molar-refractivity contribution in [3.8, 4) is 10.6 Å². The molecule has 0 aliphatic rings. The van der Waals surface area contributed by atoms with Crippen LogP contribution >= 0.6 is 11.3 Å². The van der Waals surface area contributed by atoms with Crippen LogP contribution in [-0.4, -0.2) is 16.2 Å². The van der Waals surface area contributed by atoms with Gasteiger partial charge in [-0.2, -0.15) is 13.2 Å². The van der Waals surface area contributed by atoms with Gasteiger partial charge in [0.15, 0.2) is 0 Å². The van der Waals surface area contributed by atoms with E-state index in [4.69, 9.17) is 5.11 Å². The van der Waals surface area contributed by atoms with E-state index in [9.17, 15) is 18.0 Å².